The van der Waals surface area contributed by atoms with E-state index in [1.165, 1.54) is 0 Å². The highest BCUT2D eigenvalue weighted by Crippen LogP contribution is 2.40. The lowest BCUT2D eigenvalue weighted by molar-refractivity contribution is -0.131. The average molecular weight is 357 g/mol. The number of ether oxygens (including phenoxy) is 1. The molecule has 0 aromatic heterocycles. The summed E-state index contributed by atoms with van der Waals surface area (Å²) in [6, 6.07) is 26.6. The summed E-state index contributed by atoms with van der Waals surface area (Å²) < 4.78 is 6.19. The first kappa shape index (κ1) is 17.2. The van der Waals surface area contributed by atoms with Crippen LogP contribution in [0.4, 0.5) is 0 Å². The Morgan fingerprint density at radius 2 is 1.48 bits per heavy atom. The maximum Gasteiger partial charge on any atom is 0.259 e. The van der Waals surface area contributed by atoms with Crippen LogP contribution in [0.1, 0.15) is 39.4 Å². The molecule has 1 heterocycles. The zero-order valence-electron chi connectivity index (χ0n) is 14.7. The Morgan fingerprint density at radius 3 is 2.19 bits per heavy atom. The Balaban J connectivity index is 1.72. The zero-order chi connectivity index (χ0) is 18.6. The van der Waals surface area contributed by atoms with Gasteiger partial charge in [0.05, 0.1) is 0 Å². The van der Waals surface area contributed by atoms with E-state index in [9.17, 15) is 9.59 Å². The van der Waals surface area contributed by atoms with E-state index in [1.807, 2.05) is 66.7 Å². The quantitative estimate of drug-likeness (QED) is 0.640. The number of hydrogen-bond acceptors (Lipinski definition) is 3. The van der Waals surface area contributed by atoms with Gasteiger partial charge in [0.25, 0.3) is 5.91 Å². The van der Waals surface area contributed by atoms with E-state index in [0.717, 1.165) is 17.4 Å². The van der Waals surface area contributed by atoms with Crippen molar-refractivity contribution in [3.8, 4) is 0 Å². The van der Waals surface area contributed by atoms with Crippen LogP contribution in [-0.2, 0) is 16.1 Å². The average Bonchev–Trinajstić information content (AvgIpc) is 3.05. The smallest absolute Gasteiger partial charge is 0.259 e. The number of benzene rings is 3. The molecule has 1 aliphatic rings. The molecular formula is C23H19NO3. The van der Waals surface area contributed by atoms with Crippen LogP contribution >= 0.6 is 0 Å². The van der Waals surface area contributed by atoms with Crippen LogP contribution in [0.5, 0.6) is 0 Å². The van der Waals surface area contributed by atoms with Crippen LogP contribution in [0, 0.1) is 0 Å². The molecule has 3 aromatic carbocycles. The van der Waals surface area contributed by atoms with Gasteiger partial charge in [0.2, 0.25) is 0 Å². The minimum atomic E-state index is -0.791. The highest BCUT2D eigenvalue weighted by atomic mass is 16.5. The van der Waals surface area contributed by atoms with Gasteiger partial charge in [-0.2, -0.15) is 0 Å². The Kier molecular flexibility index (Phi) is 4.81. The molecule has 0 radical (unpaired) electrons. The third-order valence-electron chi connectivity index (χ3n) is 4.74. The lowest BCUT2D eigenvalue weighted by Gasteiger charge is -2.23. The number of carbonyl (C=O) groups is 2. The molecule has 0 aliphatic carbocycles. The van der Waals surface area contributed by atoms with E-state index in [1.54, 1.807) is 23.1 Å². The maximum atomic E-state index is 13.2. The summed E-state index contributed by atoms with van der Waals surface area (Å²) >= 11 is 0. The van der Waals surface area contributed by atoms with Crippen LogP contribution in [0.15, 0.2) is 84.9 Å². The van der Waals surface area contributed by atoms with Gasteiger partial charge in [-0.15, -0.1) is 0 Å². The van der Waals surface area contributed by atoms with Gasteiger partial charge in [0.15, 0.2) is 12.3 Å². The van der Waals surface area contributed by atoms with Crippen LogP contribution < -0.4 is 0 Å². The normalized spacial score (nSPS) is 19.3. The Labute approximate surface area is 158 Å². The molecule has 134 valence electrons. The summed E-state index contributed by atoms with van der Waals surface area (Å²) in [5.74, 6) is -0.137. The van der Waals surface area contributed by atoms with Crippen molar-refractivity contribution in [2.24, 2.45) is 0 Å². The molecule has 1 saturated heterocycles. The molecule has 2 atom stereocenters. The van der Waals surface area contributed by atoms with Gasteiger partial charge in [-0.3, -0.25) is 9.59 Å². The molecule has 1 fully saturated rings. The first-order chi connectivity index (χ1) is 13.3. The summed E-state index contributed by atoms with van der Waals surface area (Å²) in [5, 5.41) is 0. The number of hydrogen-bond donors (Lipinski definition) is 0. The van der Waals surface area contributed by atoms with E-state index in [-0.39, 0.29) is 5.91 Å². The number of aldehydes is 1. The van der Waals surface area contributed by atoms with Gasteiger partial charge in [-0.05, 0) is 5.56 Å². The maximum absolute atomic E-state index is 13.2. The number of amides is 1. The number of nitrogens with zero attached hydrogens (tertiary/aromatic N) is 1. The molecule has 4 nitrogen and oxygen atoms in total. The standard InChI is InChI=1S/C23H19NO3/c25-16-19-13-7-8-14-20(19)21-22(26)24(15-17-9-3-1-4-10-17)23(27-21)18-11-5-2-6-12-18/h1-14,16,21,23H,15H2/t21-,23+/m1/s1. The summed E-state index contributed by atoms with van der Waals surface area (Å²) in [4.78, 5) is 26.4. The SMILES string of the molecule is O=Cc1ccccc1[C@H]1O[C@@H](c2ccccc2)N(Cc2ccccc2)C1=O. The predicted octanol–water partition coefficient (Wildman–Crippen LogP) is 4.30. The third kappa shape index (κ3) is 3.39. The number of rotatable bonds is 5. The Bertz CT molecular complexity index is 940. The topological polar surface area (TPSA) is 46.6 Å². The van der Waals surface area contributed by atoms with E-state index in [0.29, 0.717) is 17.7 Å². The van der Waals surface area contributed by atoms with Gasteiger partial charge < -0.3 is 9.64 Å². The minimum absolute atomic E-state index is 0.137. The second kappa shape index (κ2) is 7.56. The summed E-state index contributed by atoms with van der Waals surface area (Å²) in [5.41, 5.74) is 3.02. The third-order valence-corrected chi connectivity index (χ3v) is 4.74. The van der Waals surface area contributed by atoms with Crippen molar-refractivity contribution in [2.45, 2.75) is 18.9 Å². The highest BCUT2D eigenvalue weighted by molar-refractivity contribution is 5.88. The molecule has 0 N–H and O–H groups in total. The van der Waals surface area contributed by atoms with Gasteiger partial charge >= 0.3 is 0 Å². The second-order valence-corrected chi connectivity index (χ2v) is 6.48. The van der Waals surface area contributed by atoms with Crippen molar-refractivity contribution < 1.29 is 14.3 Å². The second-order valence-electron chi connectivity index (χ2n) is 6.48. The van der Waals surface area contributed by atoms with Gasteiger partial charge in [0, 0.05) is 23.2 Å². The van der Waals surface area contributed by atoms with Crippen molar-refractivity contribution in [3.63, 3.8) is 0 Å². The number of carbonyl (C=O) groups excluding carboxylic acids is 2. The fourth-order valence-corrected chi connectivity index (χ4v) is 3.41. The van der Waals surface area contributed by atoms with Gasteiger partial charge in [-0.25, -0.2) is 0 Å². The van der Waals surface area contributed by atoms with E-state index < -0.39 is 12.3 Å². The molecule has 0 unspecified atom stereocenters. The molecule has 1 aliphatic heterocycles. The lowest BCUT2D eigenvalue weighted by Crippen LogP contribution is -2.29. The molecule has 4 heteroatoms. The van der Waals surface area contributed by atoms with Crippen molar-refractivity contribution in [2.75, 3.05) is 0 Å². The van der Waals surface area contributed by atoms with Crippen molar-refractivity contribution in [1.82, 2.24) is 4.90 Å². The molecule has 4 rings (SSSR count). The van der Waals surface area contributed by atoms with Crippen molar-refractivity contribution >= 4 is 12.2 Å². The summed E-state index contributed by atoms with van der Waals surface area (Å²) in [6.07, 6.45) is -0.521. The summed E-state index contributed by atoms with van der Waals surface area (Å²) in [7, 11) is 0. The first-order valence-corrected chi connectivity index (χ1v) is 8.87. The highest BCUT2D eigenvalue weighted by Gasteiger charge is 2.42. The fraction of sp³-hybridized carbons (Fsp3) is 0.130. The molecular weight excluding hydrogens is 338 g/mol. The van der Waals surface area contributed by atoms with Crippen molar-refractivity contribution in [1.29, 1.82) is 0 Å². The van der Waals surface area contributed by atoms with Gasteiger partial charge in [0.1, 0.15) is 6.29 Å². The van der Waals surface area contributed by atoms with E-state index >= 15 is 0 Å². The van der Waals surface area contributed by atoms with Crippen LogP contribution in [0.2, 0.25) is 0 Å². The Morgan fingerprint density at radius 1 is 0.852 bits per heavy atom. The molecule has 27 heavy (non-hydrogen) atoms. The van der Waals surface area contributed by atoms with Crippen LogP contribution in [0.25, 0.3) is 0 Å². The molecule has 0 spiro atoms. The van der Waals surface area contributed by atoms with Crippen LogP contribution in [-0.4, -0.2) is 17.1 Å². The monoisotopic (exact) mass is 357 g/mol. The lowest BCUT2D eigenvalue weighted by atomic mass is 10.0. The van der Waals surface area contributed by atoms with Crippen LogP contribution in [0.3, 0.4) is 0 Å². The molecule has 0 bridgehead atoms. The van der Waals surface area contributed by atoms with E-state index in [2.05, 4.69) is 0 Å². The predicted molar refractivity (Wildman–Crippen MR) is 102 cm³/mol. The Hall–Kier alpha value is -3.24. The largest absolute Gasteiger partial charge is 0.336 e. The summed E-state index contributed by atoms with van der Waals surface area (Å²) in [6.45, 7) is 0.443. The zero-order valence-corrected chi connectivity index (χ0v) is 14.7. The minimum Gasteiger partial charge on any atom is -0.336 e. The molecule has 0 saturated carbocycles. The molecule has 3 aromatic rings. The van der Waals surface area contributed by atoms with Gasteiger partial charge in [-0.1, -0.05) is 84.9 Å². The van der Waals surface area contributed by atoms with Crippen molar-refractivity contribution in [3.05, 3.63) is 107 Å². The van der Waals surface area contributed by atoms with E-state index in [4.69, 9.17) is 4.74 Å². The fourth-order valence-electron chi connectivity index (χ4n) is 3.41. The molecule has 1 amide bonds. The first-order valence-electron chi connectivity index (χ1n) is 8.87.